The fourth-order valence-electron chi connectivity index (χ4n) is 2.66. The second-order valence-corrected chi connectivity index (χ2v) is 5.89. The van der Waals surface area contributed by atoms with E-state index in [1.807, 2.05) is 11.8 Å². The monoisotopic (exact) mass is 294 g/mol. The third kappa shape index (κ3) is 2.30. The largest absolute Gasteiger partial charge is 0.369 e. The predicted octanol–water partition coefficient (Wildman–Crippen LogP) is 4.25. The van der Waals surface area contributed by atoms with Gasteiger partial charge >= 0.3 is 0 Å². The molecule has 0 N–H and O–H groups in total. The number of hydrogen-bond donors (Lipinski definition) is 0. The minimum absolute atomic E-state index is 0.267. The molecular weight excluding hydrogens is 278 g/mol. The van der Waals surface area contributed by atoms with Gasteiger partial charge in [0.25, 0.3) is 0 Å². The lowest BCUT2D eigenvalue weighted by molar-refractivity contribution is 0.599. The molecule has 0 unspecified atom stereocenters. The van der Waals surface area contributed by atoms with Crippen LogP contribution in [0.1, 0.15) is 24.6 Å². The minimum atomic E-state index is -0.395. The summed E-state index contributed by atoms with van der Waals surface area (Å²) in [7, 11) is 0. The van der Waals surface area contributed by atoms with Crippen LogP contribution < -0.4 is 4.90 Å². The molecule has 0 atom stereocenters. The van der Waals surface area contributed by atoms with E-state index in [1.54, 1.807) is 5.51 Å². The van der Waals surface area contributed by atoms with Gasteiger partial charge in [0.2, 0.25) is 0 Å². The van der Waals surface area contributed by atoms with Crippen molar-refractivity contribution in [3.05, 3.63) is 34.2 Å². The van der Waals surface area contributed by atoms with E-state index in [9.17, 15) is 8.78 Å². The molecule has 2 nitrogen and oxygen atoms in total. The summed E-state index contributed by atoms with van der Waals surface area (Å²) in [5.41, 5.74) is 2.89. The number of aryl methyl sites for hydroxylation is 1. The van der Waals surface area contributed by atoms with Gasteiger partial charge in [0, 0.05) is 29.6 Å². The first-order valence-electron chi connectivity index (χ1n) is 6.87. The summed E-state index contributed by atoms with van der Waals surface area (Å²) in [5.74, 6) is -0.757. The number of halogens is 2. The van der Waals surface area contributed by atoms with Crippen LogP contribution in [0.2, 0.25) is 0 Å². The van der Waals surface area contributed by atoms with Gasteiger partial charge in [-0.25, -0.2) is 13.8 Å². The van der Waals surface area contributed by atoms with Crippen LogP contribution in [0.3, 0.4) is 0 Å². The van der Waals surface area contributed by atoms with Crippen LogP contribution >= 0.6 is 11.3 Å². The van der Waals surface area contributed by atoms with E-state index in [2.05, 4.69) is 4.98 Å². The topological polar surface area (TPSA) is 16.1 Å². The van der Waals surface area contributed by atoms with Crippen LogP contribution in [0.5, 0.6) is 0 Å². The molecule has 1 saturated heterocycles. The maximum absolute atomic E-state index is 14.3. The third-order valence-electron chi connectivity index (χ3n) is 3.70. The Morgan fingerprint density at radius 3 is 2.65 bits per heavy atom. The lowest BCUT2D eigenvalue weighted by atomic mass is 10.1. The van der Waals surface area contributed by atoms with E-state index >= 15 is 0 Å². The van der Waals surface area contributed by atoms with E-state index in [4.69, 9.17) is 0 Å². The van der Waals surface area contributed by atoms with Crippen LogP contribution in [0.25, 0.3) is 11.3 Å². The van der Waals surface area contributed by atoms with Crippen molar-refractivity contribution in [3.8, 4) is 11.3 Å². The average Bonchev–Trinajstić information content (AvgIpc) is 3.10. The lowest BCUT2D eigenvalue weighted by Crippen LogP contribution is -2.19. The van der Waals surface area contributed by atoms with Gasteiger partial charge in [0.1, 0.15) is 11.6 Å². The molecule has 1 aromatic heterocycles. The van der Waals surface area contributed by atoms with Gasteiger partial charge in [0.05, 0.1) is 16.9 Å². The molecule has 106 valence electrons. The molecule has 0 amide bonds. The number of benzene rings is 1. The van der Waals surface area contributed by atoms with Gasteiger partial charge in [-0.05, 0) is 25.3 Å². The Labute approximate surface area is 121 Å². The quantitative estimate of drug-likeness (QED) is 0.841. The predicted molar refractivity (Wildman–Crippen MR) is 78.3 cm³/mol. The van der Waals surface area contributed by atoms with Gasteiger partial charge in [-0.2, -0.15) is 0 Å². The van der Waals surface area contributed by atoms with Gasteiger partial charge in [-0.3, -0.25) is 0 Å². The Morgan fingerprint density at radius 1 is 1.20 bits per heavy atom. The van der Waals surface area contributed by atoms with Gasteiger partial charge in [0.15, 0.2) is 0 Å². The normalized spacial score (nSPS) is 15.1. The van der Waals surface area contributed by atoms with Crippen molar-refractivity contribution < 1.29 is 8.78 Å². The Bertz CT molecular complexity index is 618. The maximum atomic E-state index is 14.3. The van der Waals surface area contributed by atoms with Crippen LogP contribution in [0.4, 0.5) is 14.5 Å². The molecule has 2 heterocycles. The SMILES string of the molecule is CCc1scnc1-c1cc(F)c(N2CCCC2)cc1F. The molecule has 0 spiro atoms. The first kappa shape index (κ1) is 13.5. The zero-order valence-corrected chi connectivity index (χ0v) is 12.1. The van der Waals surface area contributed by atoms with E-state index in [0.717, 1.165) is 37.2 Å². The Balaban J connectivity index is 2.03. The smallest absolute Gasteiger partial charge is 0.147 e. The highest BCUT2D eigenvalue weighted by Gasteiger charge is 2.20. The maximum Gasteiger partial charge on any atom is 0.147 e. The molecule has 1 aliphatic heterocycles. The van der Waals surface area contributed by atoms with Crippen LogP contribution in [-0.2, 0) is 6.42 Å². The standard InChI is InChI=1S/C15H16F2N2S/c1-2-14-15(18-9-20-14)10-7-12(17)13(8-11(10)16)19-5-3-4-6-19/h7-9H,2-6H2,1H3. The minimum Gasteiger partial charge on any atom is -0.369 e. The van der Waals surface area contributed by atoms with Gasteiger partial charge in [-0.15, -0.1) is 11.3 Å². The third-order valence-corrected chi connectivity index (χ3v) is 4.68. The molecule has 0 bridgehead atoms. The highest BCUT2D eigenvalue weighted by molar-refractivity contribution is 7.10. The molecule has 2 aromatic rings. The molecule has 5 heteroatoms. The highest BCUT2D eigenvalue weighted by Crippen LogP contribution is 2.33. The molecule has 1 aliphatic rings. The van der Waals surface area contributed by atoms with E-state index in [-0.39, 0.29) is 11.4 Å². The first-order chi connectivity index (χ1) is 9.70. The van der Waals surface area contributed by atoms with Crippen molar-refractivity contribution in [3.63, 3.8) is 0 Å². The molecule has 3 rings (SSSR count). The summed E-state index contributed by atoms with van der Waals surface area (Å²) in [4.78, 5) is 7.07. The molecule has 0 saturated carbocycles. The summed E-state index contributed by atoms with van der Waals surface area (Å²) in [6.07, 6.45) is 2.85. The zero-order valence-electron chi connectivity index (χ0n) is 11.3. The van der Waals surface area contributed by atoms with E-state index < -0.39 is 5.82 Å². The molecule has 0 radical (unpaired) electrons. The molecule has 20 heavy (non-hydrogen) atoms. The fourth-order valence-corrected chi connectivity index (χ4v) is 3.39. The van der Waals surface area contributed by atoms with Crippen molar-refractivity contribution in [1.82, 2.24) is 4.98 Å². The summed E-state index contributed by atoms with van der Waals surface area (Å²) in [6.45, 7) is 3.59. The Kier molecular flexibility index (Phi) is 3.70. The van der Waals surface area contributed by atoms with Gasteiger partial charge in [-0.1, -0.05) is 6.92 Å². The fraction of sp³-hybridized carbons (Fsp3) is 0.400. The zero-order chi connectivity index (χ0) is 14.1. The van der Waals surface area contributed by atoms with Gasteiger partial charge < -0.3 is 4.90 Å². The number of anilines is 1. The van der Waals surface area contributed by atoms with Crippen molar-refractivity contribution in [2.24, 2.45) is 0 Å². The Morgan fingerprint density at radius 2 is 1.95 bits per heavy atom. The van der Waals surface area contributed by atoms with Crippen molar-refractivity contribution in [2.75, 3.05) is 18.0 Å². The van der Waals surface area contributed by atoms with Crippen LogP contribution in [0, 0.1) is 11.6 Å². The number of nitrogens with zero attached hydrogens (tertiary/aromatic N) is 2. The van der Waals surface area contributed by atoms with Crippen molar-refractivity contribution in [2.45, 2.75) is 26.2 Å². The van der Waals surface area contributed by atoms with Crippen molar-refractivity contribution >= 4 is 17.0 Å². The number of aromatic nitrogens is 1. The van der Waals surface area contributed by atoms with Crippen LogP contribution in [0.15, 0.2) is 17.6 Å². The molecule has 1 fully saturated rings. The lowest BCUT2D eigenvalue weighted by Gasteiger charge is -2.19. The molecule has 1 aromatic carbocycles. The van der Waals surface area contributed by atoms with Crippen LogP contribution in [-0.4, -0.2) is 18.1 Å². The molecule has 0 aliphatic carbocycles. The number of hydrogen-bond acceptors (Lipinski definition) is 3. The van der Waals surface area contributed by atoms with E-state index in [0.29, 0.717) is 11.4 Å². The average molecular weight is 294 g/mol. The Hall–Kier alpha value is -1.49. The summed E-state index contributed by atoms with van der Waals surface area (Å²) >= 11 is 1.48. The highest BCUT2D eigenvalue weighted by atomic mass is 32.1. The van der Waals surface area contributed by atoms with Crippen molar-refractivity contribution in [1.29, 1.82) is 0 Å². The second-order valence-electron chi connectivity index (χ2n) is 4.96. The summed E-state index contributed by atoms with van der Waals surface area (Å²) in [6, 6.07) is 2.60. The molecular formula is C15H16F2N2S. The summed E-state index contributed by atoms with van der Waals surface area (Å²) in [5, 5.41) is 0. The number of rotatable bonds is 3. The second kappa shape index (κ2) is 5.48. The summed E-state index contributed by atoms with van der Waals surface area (Å²) < 4.78 is 28.6. The van der Waals surface area contributed by atoms with E-state index in [1.165, 1.54) is 23.5 Å². The number of thiazole rings is 1. The first-order valence-corrected chi connectivity index (χ1v) is 7.75.